The molecule has 0 spiro atoms. The molecule has 6 heteroatoms. The van der Waals surface area contributed by atoms with E-state index in [1.54, 1.807) is 38.3 Å². The van der Waals surface area contributed by atoms with Crippen molar-refractivity contribution >= 4 is 33.0 Å². The highest BCUT2D eigenvalue weighted by molar-refractivity contribution is 7.21. The minimum Gasteiger partial charge on any atom is -0.493 e. The summed E-state index contributed by atoms with van der Waals surface area (Å²) in [6.07, 6.45) is 0. The molecule has 0 aliphatic carbocycles. The molecular weight excluding hydrogens is 329 g/mol. The molecule has 0 aliphatic heterocycles. The molecule has 1 N–H and O–H groups in total. The number of methoxy groups -OCH3 is 2. The lowest BCUT2D eigenvalue weighted by molar-refractivity contribution is 0.103. The van der Waals surface area contributed by atoms with E-state index < -0.39 is 0 Å². The summed E-state index contributed by atoms with van der Waals surface area (Å²) >= 11 is 1.28. The second kappa shape index (κ2) is 6.49. The van der Waals surface area contributed by atoms with E-state index in [0.717, 1.165) is 4.70 Å². The first kappa shape index (κ1) is 16.3. The summed E-state index contributed by atoms with van der Waals surface area (Å²) in [6.45, 7) is 1.76. The summed E-state index contributed by atoms with van der Waals surface area (Å²) in [4.78, 5) is 13.1. The van der Waals surface area contributed by atoms with Gasteiger partial charge in [-0.15, -0.1) is 11.3 Å². The topological polar surface area (TPSA) is 47.6 Å². The Morgan fingerprint density at radius 3 is 2.54 bits per heavy atom. The maximum absolute atomic E-state index is 14.0. The van der Waals surface area contributed by atoms with Gasteiger partial charge in [0.15, 0.2) is 11.5 Å². The van der Waals surface area contributed by atoms with Crippen LogP contribution in [-0.2, 0) is 0 Å². The Morgan fingerprint density at radius 2 is 1.88 bits per heavy atom. The fourth-order valence-corrected chi connectivity index (χ4v) is 3.69. The van der Waals surface area contributed by atoms with Gasteiger partial charge in [-0.2, -0.15) is 0 Å². The lowest BCUT2D eigenvalue weighted by atomic mass is 10.1. The molecule has 0 saturated carbocycles. The number of carbonyl (C=O) groups is 1. The van der Waals surface area contributed by atoms with Gasteiger partial charge in [0.05, 0.1) is 19.1 Å². The molecule has 1 heterocycles. The predicted octanol–water partition coefficient (Wildman–Crippen LogP) is 4.62. The lowest BCUT2D eigenvalue weighted by Crippen LogP contribution is -2.11. The van der Waals surface area contributed by atoms with Crippen molar-refractivity contribution in [3.05, 3.63) is 52.7 Å². The van der Waals surface area contributed by atoms with Crippen molar-refractivity contribution in [3.8, 4) is 11.5 Å². The Morgan fingerprint density at radius 1 is 1.12 bits per heavy atom. The highest BCUT2D eigenvalue weighted by atomic mass is 32.1. The minimum atomic E-state index is -0.314. The normalized spacial score (nSPS) is 10.7. The smallest absolute Gasteiger partial charge is 0.266 e. The van der Waals surface area contributed by atoms with Gasteiger partial charge in [0.25, 0.3) is 5.91 Å². The van der Waals surface area contributed by atoms with Crippen LogP contribution in [0.2, 0.25) is 0 Å². The molecule has 0 saturated heterocycles. The van der Waals surface area contributed by atoms with Gasteiger partial charge in [-0.05, 0) is 36.8 Å². The van der Waals surface area contributed by atoms with E-state index in [-0.39, 0.29) is 11.7 Å². The summed E-state index contributed by atoms with van der Waals surface area (Å²) in [6, 6.07) is 9.97. The third-order valence-corrected chi connectivity index (χ3v) is 5.01. The highest BCUT2D eigenvalue weighted by Gasteiger charge is 2.18. The van der Waals surface area contributed by atoms with Crippen molar-refractivity contribution in [2.24, 2.45) is 0 Å². The minimum absolute atomic E-state index is 0.277. The summed E-state index contributed by atoms with van der Waals surface area (Å²) in [5, 5.41) is 3.32. The van der Waals surface area contributed by atoms with Crippen LogP contribution in [0, 0.1) is 12.7 Å². The Kier molecular flexibility index (Phi) is 4.40. The van der Waals surface area contributed by atoms with E-state index in [0.29, 0.717) is 33.0 Å². The zero-order chi connectivity index (χ0) is 17.3. The average molecular weight is 345 g/mol. The van der Waals surface area contributed by atoms with E-state index >= 15 is 0 Å². The number of benzene rings is 2. The summed E-state index contributed by atoms with van der Waals surface area (Å²) in [5.41, 5.74) is 1.22. The molecule has 0 bridgehead atoms. The molecule has 0 unspecified atom stereocenters. The standard InChI is InChI=1S/C18H16FNO3S/c1-10-16-12(19)5-4-6-15(16)24-17(10)18(21)20-11-7-8-13(22-2)14(9-11)23-3/h4-9H,1-3H3,(H,20,21). The van der Waals surface area contributed by atoms with Crippen molar-refractivity contribution in [2.45, 2.75) is 6.92 Å². The molecule has 124 valence electrons. The number of rotatable bonds is 4. The monoisotopic (exact) mass is 345 g/mol. The van der Waals surface area contributed by atoms with Crippen molar-refractivity contribution in [2.75, 3.05) is 19.5 Å². The van der Waals surface area contributed by atoms with Crippen LogP contribution in [-0.4, -0.2) is 20.1 Å². The van der Waals surface area contributed by atoms with Gasteiger partial charge < -0.3 is 14.8 Å². The Labute approximate surface area is 142 Å². The third kappa shape index (κ3) is 2.80. The SMILES string of the molecule is COc1ccc(NC(=O)c2sc3cccc(F)c3c2C)cc1OC. The van der Waals surface area contributed by atoms with Gasteiger partial charge >= 0.3 is 0 Å². The summed E-state index contributed by atoms with van der Waals surface area (Å²) < 4.78 is 25.1. The van der Waals surface area contributed by atoms with E-state index in [1.807, 2.05) is 6.07 Å². The van der Waals surface area contributed by atoms with Crippen LogP contribution in [0.25, 0.3) is 10.1 Å². The van der Waals surface area contributed by atoms with Gasteiger partial charge in [-0.1, -0.05) is 6.07 Å². The van der Waals surface area contributed by atoms with Crippen molar-refractivity contribution < 1.29 is 18.7 Å². The first-order valence-electron chi connectivity index (χ1n) is 7.26. The molecule has 3 aromatic rings. The number of aryl methyl sites for hydroxylation is 1. The van der Waals surface area contributed by atoms with Crippen LogP contribution in [0.4, 0.5) is 10.1 Å². The molecule has 4 nitrogen and oxygen atoms in total. The summed E-state index contributed by atoms with van der Waals surface area (Å²) in [5.74, 6) is 0.511. The second-order valence-corrected chi connectivity index (χ2v) is 6.25. The molecular formula is C18H16FNO3S. The number of amides is 1. The summed E-state index contributed by atoms with van der Waals surface area (Å²) in [7, 11) is 3.08. The van der Waals surface area contributed by atoms with Crippen LogP contribution >= 0.6 is 11.3 Å². The zero-order valence-electron chi connectivity index (χ0n) is 13.5. The van der Waals surface area contributed by atoms with Crippen LogP contribution in [0.3, 0.4) is 0 Å². The van der Waals surface area contributed by atoms with Gasteiger partial charge in [0.2, 0.25) is 0 Å². The Hall–Kier alpha value is -2.60. The van der Waals surface area contributed by atoms with Crippen LogP contribution in [0.1, 0.15) is 15.2 Å². The molecule has 0 fully saturated rings. The van der Waals surface area contributed by atoms with Gasteiger partial charge in [0.1, 0.15) is 5.82 Å². The fraction of sp³-hybridized carbons (Fsp3) is 0.167. The van der Waals surface area contributed by atoms with E-state index in [9.17, 15) is 9.18 Å². The maximum atomic E-state index is 14.0. The molecule has 0 radical (unpaired) electrons. The van der Waals surface area contributed by atoms with Gasteiger partial charge in [-0.25, -0.2) is 4.39 Å². The molecule has 0 atom stereocenters. The number of ether oxygens (including phenoxy) is 2. The largest absolute Gasteiger partial charge is 0.493 e. The molecule has 3 rings (SSSR count). The highest BCUT2D eigenvalue weighted by Crippen LogP contribution is 2.34. The Balaban J connectivity index is 1.93. The van der Waals surface area contributed by atoms with E-state index in [4.69, 9.17) is 9.47 Å². The fourth-order valence-electron chi connectivity index (χ4n) is 2.57. The molecule has 0 aliphatic rings. The molecule has 24 heavy (non-hydrogen) atoms. The number of halogens is 1. The van der Waals surface area contributed by atoms with Gasteiger partial charge in [-0.3, -0.25) is 4.79 Å². The Bertz CT molecular complexity index is 920. The van der Waals surface area contributed by atoms with Crippen LogP contribution in [0.15, 0.2) is 36.4 Å². The van der Waals surface area contributed by atoms with E-state index in [2.05, 4.69) is 5.32 Å². The van der Waals surface area contributed by atoms with Gasteiger partial charge in [0, 0.05) is 21.8 Å². The zero-order valence-corrected chi connectivity index (χ0v) is 14.3. The van der Waals surface area contributed by atoms with Crippen molar-refractivity contribution in [3.63, 3.8) is 0 Å². The first-order chi connectivity index (χ1) is 11.5. The quantitative estimate of drug-likeness (QED) is 0.751. The maximum Gasteiger partial charge on any atom is 0.266 e. The molecule has 1 amide bonds. The second-order valence-electron chi connectivity index (χ2n) is 5.19. The number of hydrogen-bond acceptors (Lipinski definition) is 4. The van der Waals surface area contributed by atoms with Crippen LogP contribution in [0.5, 0.6) is 11.5 Å². The van der Waals surface area contributed by atoms with Crippen LogP contribution < -0.4 is 14.8 Å². The van der Waals surface area contributed by atoms with Crippen molar-refractivity contribution in [1.82, 2.24) is 0 Å². The van der Waals surface area contributed by atoms with Crippen molar-refractivity contribution in [1.29, 1.82) is 0 Å². The number of nitrogens with one attached hydrogen (secondary N) is 1. The average Bonchev–Trinajstić information content (AvgIpc) is 2.93. The number of anilines is 1. The number of fused-ring (bicyclic) bond motifs is 1. The lowest BCUT2D eigenvalue weighted by Gasteiger charge is -2.10. The number of carbonyl (C=O) groups excluding carboxylic acids is 1. The van der Waals surface area contributed by atoms with E-state index in [1.165, 1.54) is 24.5 Å². The first-order valence-corrected chi connectivity index (χ1v) is 8.07. The number of hydrogen-bond donors (Lipinski definition) is 1. The third-order valence-electron chi connectivity index (χ3n) is 3.75. The number of thiophene rings is 1. The predicted molar refractivity (Wildman–Crippen MR) is 94.0 cm³/mol. The molecule has 2 aromatic carbocycles. The molecule has 1 aromatic heterocycles.